The van der Waals surface area contributed by atoms with Crippen LogP contribution in [0.15, 0.2) is 18.6 Å². The highest BCUT2D eigenvalue weighted by atomic mass is 19.4. The molecule has 1 aliphatic heterocycles. The topological polar surface area (TPSA) is 132 Å². The summed E-state index contributed by atoms with van der Waals surface area (Å²) >= 11 is 0. The number of hydrogen-bond donors (Lipinski definition) is 3. The lowest BCUT2D eigenvalue weighted by atomic mass is 9.50. The molecule has 184 valence electrons. The zero-order valence-electron chi connectivity index (χ0n) is 17.9. The van der Waals surface area contributed by atoms with Crippen molar-refractivity contribution in [3.8, 4) is 0 Å². The summed E-state index contributed by atoms with van der Waals surface area (Å²) in [5.74, 6) is 0.403. The Kier molecular flexibility index (Phi) is 5.72. The fraction of sp³-hybridized carbons (Fsp3) is 0.600. The Morgan fingerprint density at radius 1 is 1.32 bits per heavy atom. The Morgan fingerprint density at radius 2 is 2.12 bits per heavy atom. The summed E-state index contributed by atoms with van der Waals surface area (Å²) in [5.41, 5.74) is 0.567. The number of rotatable bonds is 8. The Balaban J connectivity index is 1.08. The first kappa shape index (κ1) is 22.7. The van der Waals surface area contributed by atoms with Gasteiger partial charge >= 0.3 is 12.5 Å². The number of carbonyl (C=O) groups excluding carboxylic acids is 2. The smallest absolute Gasteiger partial charge is 0.444 e. The van der Waals surface area contributed by atoms with Gasteiger partial charge in [-0.1, -0.05) is 0 Å². The van der Waals surface area contributed by atoms with Crippen LogP contribution in [0.4, 0.5) is 23.8 Å². The van der Waals surface area contributed by atoms with Crippen molar-refractivity contribution in [1.82, 2.24) is 25.1 Å². The lowest BCUT2D eigenvalue weighted by Crippen LogP contribution is -2.68. The molecule has 2 bridgehead atoms. The van der Waals surface area contributed by atoms with Crippen molar-refractivity contribution in [2.45, 2.75) is 56.3 Å². The third-order valence-corrected chi connectivity index (χ3v) is 6.31. The third kappa shape index (κ3) is 5.01. The highest BCUT2D eigenvalue weighted by Crippen LogP contribution is 2.56. The van der Waals surface area contributed by atoms with Gasteiger partial charge in [-0.2, -0.15) is 5.10 Å². The first-order valence-corrected chi connectivity index (χ1v) is 10.9. The predicted molar refractivity (Wildman–Crippen MR) is 108 cm³/mol. The molecule has 3 N–H and O–H groups in total. The molecule has 3 heterocycles. The van der Waals surface area contributed by atoms with Crippen molar-refractivity contribution < 1.29 is 37.0 Å². The molecular weight excluding hydrogens is 461 g/mol. The Labute approximate surface area is 191 Å². The number of anilines is 1. The van der Waals surface area contributed by atoms with E-state index in [4.69, 9.17) is 9.47 Å². The number of carbonyl (C=O) groups is 2. The van der Waals surface area contributed by atoms with E-state index in [1.807, 2.05) is 0 Å². The molecule has 4 fully saturated rings. The number of aromatic amines is 1. The van der Waals surface area contributed by atoms with Crippen molar-refractivity contribution in [3.63, 3.8) is 0 Å². The Morgan fingerprint density at radius 3 is 2.82 bits per heavy atom. The first-order chi connectivity index (χ1) is 16.2. The molecule has 2 atom stereocenters. The van der Waals surface area contributed by atoms with E-state index in [0.29, 0.717) is 12.1 Å². The second-order valence-electron chi connectivity index (χ2n) is 8.92. The molecule has 4 aliphatic rings. The maximum Gasteiger partial charge on any atom is 0.522 e. The fourth-order valence-electron chi connectivity index (χ4n) is 4.54. The van der Waals surface area contributed by atoms with Gasteiger partial charge in [0.05, 0.1) is 25.2 Å². The summed E-state index contributed by atoms with van der Waals surface area (Å²) in [6, 6.07) is 1.60. The maximum atomic E-state index is 12.4. The Hall–Kier alpha value is -3.13. The minimum Gasteiger partial charge on any atom is -0.444 e. The van der Waals surface area contributed by atoms with Crippen LogP contribution in [-0.4, -0.2) is 63.0 Å². The lowest BCUT2D eigenvalue weighted by molar-refractivity contribution is -0.325. The van der Waals surface area contributed by atoms with E-state index in [2.05, 4.69) is 30.6 Å². The molecule has 1 saturated heterocycles. The van der Waals surface area contributed by atoms with Gasteiger partial charge in [0.15, 0.2) is 5.82 Å². The van der Waals surface area contributed by atoms with Crippen LogP contribution in [0, 0.1) is 5.92 Å². The normalized spacial score (nSPS) is 27.6. The van der Waals surface area contributed by atoms with Gasteiger partial charge in [0, 0.05) is 30.8 Å². The van der Waals surface area contributed by atoms with E-state index in [1.54, 1.807) is 6.07 Å². The van der Waals surface area contributed by atoms with Gasteiger partial charge in [-0.05, 0) is 25.2 Å². The zero-order valence-corrected chi connectivity index (χ0v) is 17.9. The van der Waals surface area contributed by atoms with Crippen LogP contribution in [0.2, 0.25) is 0 Å². The van der Waals surface area contributed by atoms with E-state index < -0.39 is 25.0 Å². The number of imidazole rings is 1. The third-order valence-electron chi connectivity index (χ3n) is 6.31. The van der Waals surface area contributed by atoms with E-state index in [1.165, 1.54) is 17.1 Å². The minimum atomic E-state index is -4.71. The number of alkyl halides is 3. The second kappa shape index (κ2) is 8.58. The van der Waals surface area contributed by atoms with Crippen LogP contribution in [0.5, 0.6) is 0 Å². The van der Waals surface area contributed by atoms with Gasteiger partial charge in [0.1, 0.15) is 17.9 Å². The van der Waals surface area contributed by atoms with E-state index >= 15 is 0 Å². The summed E-state index contributed by atoms with van der Waals surface area (Å²) in [6.45, 7) is -0.462. The SMILES string of the molecule is O=C(NC12CC(C1)C2)O[C@@H]1CO[C@H](c2cc(NC(=O)c3cn(CCOC(F)(F)F)cn3)n[nH]2)C1. The van der Waals surface area contributed by atoms with E-state index in [9.17, 15) is 22.8 Å². The summed E-state index contributed by atoms with van der Waals surface area (Å²) in [7, 11) is 0. The number of H-pyrrole nitrogens is 1. The molecular formula is C20H23F3N6O5. The number of nitrogens with zero attached hydrogens (tertiary/aromatic N) is 3. The first-order valence-electron chi connectivity index (χ1n) is 10.9. The molecule has 34 heavy (non-hydrogen) atoms. The number of hydrogen-bond acceptors (Lipinski definition) is 7. The van der Waals surface area contributed by atoms with Crippen LogP contribution >= 0.6 is 0 Å². The van der Waals surface area contributed by atoms with Gasteiger partial charge < -0.3 is 24.7 Å². The van der Waals surface area contributed by atoms with Crippen molar-refractivity contribution in [3.05, 3.63) is 30.0 Å². The second-order valence-corrected chi connectivity index (χ2v) is 8.92. The molecule has 2 aromatic heterocycles. The molecule has 6 rings (SSSR count). The number of amides is 2. The number of ether oxygens (including phenoxy) is 3. The highest BCUT2D eigenvalue weighted by molar-refractivity contribution is 6.02. The Bertz CT molecular complexity index is 1050. The van der Waals surface area contributed by atoms with Gasteiger partial charge in [-0.15, -0.1) is 13.2 Å². The molecule has 3 saturated carbocycles. The summed E-state index contributed by atoms with van der Waals surface area (Å²) in [5, 5.41) is 12.3. The van der Waals surface area contributed by atoms with Crippen molar-refractivity contribution in [1.29, 1.82) is 0 Å². The summed E-state index contributed by atoms with van der Waals surface area (Å²) < 4.78 is 52.3. The van der Waals surface area contributed by atoms with Crippen molar-refractivity contribution in [2.75, 3.05) is 18.5 Å². The van der Waals surface area contributed by atoms with Crippen molar-refractivity contribution in [2.24, 2.45) is 5.92 Å². The molecule has 11 nitrogen and oxygen atoms in total. The quantitative estimate of drug-likeness (QED) is 0.525. The monoisotopic (exact) mass is 484 g/mol. The van der Waals surface area contributed by atoms with E-state index in [-0.39, 0.29) is 42.4 Å². The molecule has 0 unspecified atom stereocenters. The van der Waals surface area contributed by atoms with E-state index in [0.717, 1.165) is 25.2 Å². The van der Waals surface area contributed by atoms with Crippen LogP contribution in [0.25, 0.3) is 0 Å². The van der Waals surface area contributed by atoms with Crippen LogP contribution < -0.4 is 10.6 Å². The molecule has 14 heteroatoms. The standard InChI is InChI=1S/C20H23F3N6O5/c21-20(22,23)33-2-1-29-8-14(24-10-29)17(30)25-16-4-13(27-28-16)15-3-12(9-32-15)34-18(31)26-19-5-11(6-19)7-19/h4,8,10-12,15H,1-3,5-7,9H2,(H,26,31)(H2,25,27,28,30)/t11?,12-,15-,19?/m0/s1. The molecule has 0 radical (unpaired) electrons. The van der Waals surface area contributed by atoms with Crippen molar-refractivity contribution >= 4 is 17.8 Å². The zero-order chi connectivity index (χ0) is 23.9. The van der Waals surface area contributed by atoms with Gasteiger partial charge in [0.25, 0.3) is 5.91 Å². The highest BCUT2D eigenvalue weighted by Gasteiger charge is 2.57. The average Bonchev–Trinajstić information content (AvgIpc) is 3.43. The fourth-order valence-corrected chi connectivity index (χ4v) is 4.54. The lowest BCUT2D eigenvalue weighted by Gasteiger charge is -2.61. The molecule has 0 spiro atoms. The number of halogens is 3. The summed E-state index contributed by atoms with van der Waals surface area (Å²) in [6.07, 6.45) is 0.184. The molecule has 3 aliphatic carbocycles. The van der Waals surface area contributed by atoms with Gasteiger partial charge in [-0.25, -0.2) is 9.78 Å². The number of alkyl carbamates (subject to hydrolysis) is 1. The maximum absolute atomic E-state index is 12.4. The van der Waals surface area contributed by atoms with Gasteiger partial charge in [0.2, 0.25) is 0 Å². The predicted octanol–water partition coefficient (Wildman–Crippen LogP) is 2.50. The number of nitrogens with one attached hydrogen (secondary N) is 3. The number of aromatic nitrogens is 4. The molecule has 0 aromatic carbocycles. The average molecular weight is 484 g/mol. The summed E-state index contributed by atoms with van der Waals surface area (Å²) in [4.78, 5) is 28.4. The van der Waals surface area contributed by atoms with Crippen LogP contribution in [-0.2, 0) is 20.8 Å². The minimum absolute atomic E-state index is 0.0110. The van der Waals surface area contributed by atoms with Crippen LogP contribution in [0.1, 0.15) is 48.0 Å². The molecule has 2 aromatic rings. The molecule has 2 amide bonds. The van der Waals surface area contributed by atoms with Crippen LogP contribution in [0.3, 0.4) is 0 Å². The van der Waals surface area contributed by atoms with Gasteiger partial charge in [-0.3, -0.25) is 14.6 Å². The largest absolute Gasteiger partial charge is 0.522 e.